The Labute approximate surface area is 141 Å². The third kappa shape index (κ3) is 3.62. The molecule has 3 rings (SSSR count). The third-order valence-electron chi connectivity index (χ3n) is 3.16. The van der Waals surface area contributed by atoms with E-state index in [2.05, 4.69) is 15.3 Å². The van der Waals surface area contributed by atoms with E-state index in [4.69, 9.17) is 0 Å². The molecule has 1 amide bonds. The van der Waals surface area contributed by atoms with Crippen LogP contribution in [0.15, 0.2) is 29.6 Å². The predicted molar refractivity (Wildman–Crippen MR) is 91.5 cm³/mol. The summed E-state index contributed by atoms with van der Waals surface area (Å²) in [5.41, 5.74) is 2.27. The molecule has 0 bridgehead atoms. The Morgan fingerprint density at radius 3 is 2.83 bits per heavy atom. The van der Waals surface area contributed by atoms with Crippen molar-refractivity contribution in [2.45, 2.75) is 20.3 Å². The monoisotopic (exact) mass is 347 g/mol. The van der Waals surface area contributed by atoms with Gasteiger partial charge in [-0.1, -0.05) is 29.5 Å². The first-order valence-corrected chi connectivity index (χ1v) is 8.65. The predicted octanol–water partition coefficient (Wildman–Crippen LogP) is 4.26. The Kier molecular flexibility index (Phi) is 4.49. The van der Waals surface area contributed by atoms with Gasteiger partial charge in [-0.05, 0) is 18.6 Å². The number of anilines is 1. The van der Waals surface area contributed by atoms with Gasteiger partial charge in [0.2, 0.25) is 5.91 Å². The number of carbonyl (C=O) groups excluding carboxylic acids is 1. The maximum atomic E-state index is 13.7. The normalized spacial score (nSPS) is 10.7. The van der Waals surface area contributed by atoms with Crippen LogP contribution in [0.25, 0.3) is 10.6 Å². The van der Waals surface area contributed by atoms with Gasteiger partial charge in [0, 0.05) is 18.7 Å². The first kappa shape index (κ1) is 15.8. The number of thiazole rings is 2. The molecule has 0 aliphatic rings. The van der Waals surface area contributed by atoms with Crippen LogP contribution in [0.4, 0.5) is 9.52 Å². The summed E-state index contributed by atoms with van der Waals surface area (Å²) >= 11 is 2.88. The number of aromatic nitrogens is 2. The van der Waals surface area contributed by atoms with Gasteiger partial charge in [-0.2, -0.15) is 0 Å². The van der Waals surface area contributed by atoms with Crippen molar-refractivity contribution >= 4 is 33.7 Å². The topological polar surface area (TPSA) is 54.9 Å². The van der Waals surface area contributed by atoms with E-state index in [-0.39, 0.29) is 11.7 Å². The number of rotatable bonds is 4. The van der Waals surface area contributed by atoms with Crippen molar-refractivity contribution in [1.29, 1.82) is 0 Å². The van der Waals surface area contributed by atoms with E-state index >= 15 is 0 Å². The molecule has 0 radical (unpaired) electrons. The molecule has 23 heavy (non-hydrogen) atoms. The fourth-order valence-corrected chi connectivity index (χ4v) is 4.00. The van der Waals surface area contributed by atoms with Crippen LogP contribution in [0.5, 0.6) is 0 Å². The average Bonchev–Trinajstić information content (AvgIpc) is 3.07. The van der Waals surface area contributed by atoms with E-state index in [1.165, 1.54) is 35.7 Å². The van der Waals surface area contributed by atoms with Crippen LogP contribution < -0.4 is 5.32 Å². The van der Waals surface area contributed by atoms with Crippen LogP contribution in [0.3, 0.4) is 0 Å². The van der Waals surface area contributed by atoms with Gasteiger partial charge in [0.05, 0.1) is 21.3 Å². The molecule has 7 heteroatoms. The Hall–Kier alpha value is -2.12. The standard InChI is InChI=1S/C16H14FN3OS2/c1-9-15(23-16(18-9)19-10(2)21)13-8-22-14(20-13)7-11-5-3-4-6-12(11)17/h3-6,8H,7H2,1-2H3,(H,18,19,21). The number of halogens is 1. The summed E-state index contributed by atoms with van der Waals surface area (Å²) in [5, 5.41) is 6.03. The van der Waals surface area contributed by atoms with Crippen LogP contribution in [-0.4, -0.2) is 15.9 Å². The Morgan fingerprint density at radius 2 is 2.09 bits per heavy atom. The number of nitrogens with one attached hydrogen (secondary N) is 1. The summed E-state index contributed by atoms with van der Waals surface area (Å²) < 4.78 is 13.7. The molecule has 0 spiro atoms. The van der Waals surface area contributed by atoms with Crippen LogP contribution in [0, 0.1) is 12.7 Å². The first-order valence-electron chi connectivity index (χ1n) is 6.96. The van der Waals surface area contributed by atoms with Crippen LogP contribution in [-0.2, 0) is 11.2 Å². The minimum atomic E-state index is -0.217. The molecule has 0 aliphatic heterocycles. The fraction of sp³-hybridized carbons (Fsp3) is 0.188. The second-order valence-electron chi connectivity index (χ2n) is 5.01. The zero-order chi connectivity index (χ0) is 16.4. The SMILES string of the molecule is CC(=O)Nc1nc(C)c(-c2csc(Cc3ccccc3F)n2)s1. The van der Waals surface area contributed by atoms with E-state index in [0.29, 0.717) is 17.1 Å². The van der Waals surface area contributed by atoms with E-state index in [9.17, 15) is 9.18 Å². The summed E-state index contributed by atoms with van der Waals surface area (Å²) in [6.07, 6.45) is 0.466. The maximum Gasteiger partial charge on any atom is 0.223 e. The molecule has 118 valence electrons. The molecule has 0 fully saturated rings. The molecule has 0 saturated heterocycles. The van der Waals surface area contributed by atoms with Gasteiger partial charge in [0.25, 0.3) is 0 Å². The van der Waals surface area contributed by atoms with Gasteiger partial charge in [0.1, 0.15) is 5.82 Å². The van der Waals surface area contributed by atoms with Gasteiger partial charge < -0.3 is 5.32 Å². The van der Waals surface area contributed by atoms with Gasteiger partial charge in [-0.3, -0.25) is 4.79 Å². The average molecular weight is 347 g/mol. The lowest BCUT2D eigenvalue weighted by molar-refractivity contribution is -0.114. The zero-order valence-electron chi connectivity index (χ0n) is 12.6. The van der Waals surface area contributed by atoms with E-state index < -0.39 is 0 Å². The van der Waals surface area contributed by atoms with Crippen molar-refractivity contribution in [3.63, 3.8) is 0 Å². The molecule has 2 aromatic heterocycles. The van der Waals surface area contributed by atoms with Crippen LogP contribution in [0.2, 0.25) is 0 Å². The Morgan fingerprint density at radius 1 is 1.30 bits per heavy atom. The molecule has 0 unspecified atom stereocenters. The smallest absolute Gasteiger partial charge is 0.223 e. The highest BCUT2D eigenvalue weighted by molar-refractivity contribution is 7.19. The molecule has 2 heterocycles. The van der Waals surface area contributed by atoms with Crippen molar-refractivity contribution in [2.75, 3.05) is 5.32 Å². The molecule has 3 aromatic rings. The summed E-state index contributed by atoms with van der Waals surface area (Å²) in [5.74, 6) is -0.366. The van der Waals surface area contributed by atoms with Crippen molar-refractivity contribution in [2.24, 2.45) is 0 Å². The molecule has 0 atom stereocenters. The minimum Gasteiger partial charge on any atom is -0.302 e. The number of aryl methyl sites for hydroxylation is 1. The Balaban J connectivity index is 1.83. The molecule has 0 saturated carbocycles. The summed E-state index contributed by atoms with van der Waals surface area (Å²) in [6.45, 7) is 3.33. The van der Waals surface area contributed by atoms with Gasteiger partial charge in [-0.15, -0.1) is 11.3 Å². The summed E-state index contributed by atoms with van der Waals surface area (Å²) in [6, 6.07) is 6.72. The van der Waals surface area contributed by atoms with Crippen LogP contribution >= 0.6 is 22.7 Å². The van der Waals surface area contributed by atoms with E-state index in [1.807, 2.05) is 18.4 Å². The van der Waals surface area contributed by atoms with E-state index in [1.54, 1.807) is 12.1 Å². The highest BCUT2D eigenvalue weighted by Gasteiger charge is 2.14. The number of nitrogens with zero attached hydrogens (tertiary/aromatic N) is 2. The number of amides is 1. The molecular weight excluding hydrogens is 333 g/mol. The fourth-order valence-electron chi connectivity index (χ4n) is 2.14. The maximum absolute atomic E-state index is 13.7. The van der Waals surface area contributed by atoms with Gasteiger partial charge in [-0.25, -0.2) is 14.4 Å². The quantitative estimate of drug-likeness (QED) is 0.767. The van der Waals surface area contributed by atoms with Crippen molar-refractivity contribution < 1.29 is 9.18 Å². The highest BCUT2D eigenvalue weighted by Crippen LogP contribution is 2.33. The van der Waals surface area contributed by atoms with Gasteiger partial charge >= 0.3 is 0 Å². The van der Waals surface area contributed by atoms with Gasteiger partial charge in [0.15, 0.2) is 5.13 Å². The Bertz CT molecular complexity index is 857. The summed E-state index contributed by atoms with van der Waals surface area (Å²) in [7, 11) is 0. The first-order chi connectivity index (χ1) is 11.0. The molecular formula is C16H14FN3OS2. The molecule has 0 aliphatic carbocycles. The zero-order valence-corrected chi connectivity index (χ0v) is 14.2. The lowest BCUT2D eigenvalue weighted by Gasteiger charge is -1.99. The highest BCUT2D eigenvalue weighted by atomic mass is 32.1. The van der Waals surface area contributed by atoms with Crippen molar-refractivity contribution in [1.82, 2.24) is 9.97 Å². The molecule has 1 N–H and O–H groups in total. The number of carbonyl (C=O) groups is 1. The number of hydrogen-bond acceptors (Lipinski definition) is 5. The van der Waals surface area contributed by atoms with E-state index in [0.717, 1.165) is 21.3 Å². The molecule has 1 aromatic carbocycles. The third-order valence-corrected chi connectivity index (χ3v) is 5.11. The second-order valence-corrected chi connectivity index (χ2v) is 6.95. The lowest BCUT2D eigenvalue weighted by Crippen LogP contribution is -2.04. The second kappa shape index (κ2) is 6.55. The lowest BCUT2D eigenvalue weighted by atomic mass is 10.1. The number of hydrogen-bond donors (Lipinski definition) is 1. The number of benzene rings is 1. The largest absolute Gasteiger partial charge is 0.302 e. The summed E-state index contributed by atoms with van der Waals surface area (Å²) in [4.78, 5) is 20.9. The van der Waals surface area contributed by atoms with Crippen molar-refractivity contribution in [3.05, 3.63) is 51.7 Å². The minimum absolute atomic E-state index is 0.149. The molecule has 4 nitrogen and oxygen atoms in total. The van der Waals surface area contributed by atoms with Crippen LogP contribution in [0.1, 0.15) is 23.2 Å². The van der Waals surface area contributed by atoms with Crippen molar-refractivity contribution in [3.8, 4) is 10.6 Å².